The molecule has 1 aromatic rings. The highest BCUT2D eigenvalue weighted by Crippen LogP contribution is 2.08. The molecule has 0 aliphatic carbocycles. The maximum atomic E-state index is 5.06. The van der Waals surface area contributed by atoms with Gasteiger partial charge in [0.25, 0.3) is 0 Å². The van der Waals surface area contributed by atoms with Crippen LogP contribution in [0.15, 0.2) is 12.7 Å². The number of H-pyrrole nitrogens is 1. The Hall–Kier alpha value is -1.22. The van der Waals surface area contributed by atoms with Crippen LogP contribution in [0.5, 0.6) is 0 Å². The smallest absolute Gasteiger partial charge is 0.125 e. The van der Waals surface area contributed by atoms with Gasteiger partial charge in [0.15, 0.2) is 0 Å². The van der Waals surface area contributed by atoms with Crippen molar-refractivity contribution >= 4 is 24.4 Å². The van der Waals surface area contributed by atoms with Gasteiger partial charge in [0.05, 0.1) is 17.1 Å². The third-order valence-electron chi connectivity index (χ3n) is 1.67. The van der Waals surface area contributed by atoms with Crippen molar-refractivity contribution in [2.45, 2.75) is 13.8 Å². The maximum Gasteiger partial charge on any atom is 0.125 e. The van der Waals surface area contributed by atoms with E-state index in [2.05, 4.69) is 16.5 Å². The van der Waals surface area contributed by atoms with Crippen molar-refractivity contribution in [2.24, 2.45) is 0 Å². The lowest BCUT2D eigenvalue weighted by molar-refractivity contribution is 1.07. The minimum Gasteiger partial charge on any atom is -0.343 e. The van der Waals surface area contributed by atoms with Crippen molar-refractivity contribution in [3.05, 3.63) is 34.4 Å². The summed E-state index contributed by atoms with van der Waals surface area (Å²) in [4.78, 5) is 7.40. The number of aromatic amines is 1. The average Bonchev–Trinajstić information content (AvgIpc) is 2.11. The van der Waals surface area contributed by atoms with E-state index in [4.69, 9.17) is 12.2 Å². The SMILES string of the molecule is C=Cc1[nH]c(=S)c(C)nc1/C=C\C. The minimum absolute atomic E-state index is 0.670. The lowest BCUT2D eigenvalue weighted by Crippen LogP contribution is -1.95. The molecule has 0 spiro atoms. The van der Waals surface area contributed by atoms with E-state index in [1.807, 2.05) is 26.0 Å². The monoisotopic (exact) mass is 192 g/mol. The van der Waals surface area contributed by atoms with Crippen LogP contribution in [0.1, 0.15) is 24.0 Å². The van der Waals surface area contributed by atoms with E-state index in [1.165, 1.54) is 0 Å². The van der Waals surface area contributed by atoms with Gasteiger partial charge in [0.2, 0.25) is 0 Å². The first-order valence-corrected chi connectivity index (χ1v) is 4.46. The van der Waals surface area contributed by atoms with E-state index in [0.717, 1.165) is 17.1 Å². The van der Waals surface area contributed by atoms with Crippen LogP contribution < -0.4 is 0 Å². The van der Waals surface area contributed by atoms with Gasteiger partial charge >= 0.3 is 0 Å². The molecule has 0 saturated heterocycles. The molecule has 3 heteroatoms. The second-order valence-corrected chi connectivity index (χ2v) is 3.06. The topological polar surface area (TPSA) is 28.7 Å². The van der Waals surface area contributed by atoms with Crippen molar-refractivity contribution in [1.82, 2.24) is 9.97 Å². The van der Waals surface area contributed by atoms with Crippen molar-refractivity contribution in [1.29, 1.82) is 0 Å². The van der Waals surface area contributed by atoms with E-state index in [9.17, 15) is 0 Å². The highest BCUT2D eigenvalue weighted by atomic mass is 32.1. The lowest BCUT2D eigenvalue weighted by atomic mass is 10.2. The molecular weight excluding hydrogens is 180 g/mol. The zero-order valence-corrected chi connectivity index (χ0v) is 8.61. The van der Waals surface area contributed by atoms with Gasteiger partial charge in [-0.15, -0.1) is 0 Å². The molecule has 2 nitrogen and oxygen atoms in total. The molecule has 68 valence electrons. The second-order valence-electron chi connectivity index (χ2n) is 2.65. The number of hydrogen-bond acceptors (Lipinski definition) is 2. The number of allylic oxidation sites excluding steroid dienone is 1. The number of nitrogens with one attached hydrogen (secondary N) is 1. The average molecular weight is 192 g/mol. The Balaban J connectivity index is 3.41. The van der Waals surface area contributed by atoms with Crippen LogP contribution in [-0.4, -0.2) is 9.97 Å². The predicted molar refractivity (Wildman–Crippen MR) is 59.0 cm³/mol. The van der Waals surface area contributed by atoms with Gasteiger partial charge < -0.3 is 4.98 Å². The van der Waals surface area contributed by atoms with Gasteiger partial charge in [-0.25, -0.2) is 4.98 Å². The van der Waals surface area contributed by atoms with Crippen LogP contribution in [0.4, 0.5) is 0 Å². The summed E-state index contributed by atoms with van der Waals surface area (Å²) in [6, 6.07) is 0. The van der Waals surface area contributed by atoms with Gasteiger partial charge in [-0.3, -0.25) is 0 Å². The summed E-state index contributed by atoms with van der Waals surface area (Å²) in [7, 11) is 0. The number of aromatic nitrogens is 2. The summed E-state index contributed by atoms with van der Waals surface area (Å²) < 4.78 is 0.670. The zero-order valence-electron chi connectivity index (χ0n) is 7.79. The maximum absolute atomic E-state index is 5.06. The third kappa shape index (κ3) is 2.12. The summed E-state index contributed by atoms with van der Waals surface area (Å²) in [6.07, 6.45) is 5.58. The molecule has 0 aliphatic heterocycles. The van der Waals surface area contributed by atoms with Crippen LogP contribution in [0, 0.1) is 11.6 Å². The van der Waals surface area contributed by atoms with Crippen molar-refractivity contribution in [2.75, 3.05) is 0 Å². The lowest BCUT2D eigenvalue weighted by Gasteiger charge is -2.01. The number of aryl methyl sites for hydroxylation is 1. The van der Waals surface area contributed by atoms with Gasteiger partial charge in [-0.05, 0) is 26.0 Å². The largest absolute Gasteiger partial charge is 0.343 e. The number of nitrogens with zero attached hydrogens (tertiary/aromatic N) is 1. The first-order chi connectivity index (χ1) is 6.19. The summed E-state index contributed by atoms with van der Waals surface area (Å²) >= 11 is 5.06. The molecule has 0 bridgehead atoms. The van der Waals surface area contributed by atoms with E-state index in [0.29, 0.717) is 4.64 Å². The molecule has 0 unspecified atom stereocenters. The molecule has 0 atom stereocenters. The Bertz CT molecular complexity index is 402. The molecule has 1 heterocycles. The normalized spacial score (nSPS) is 10.6. The van der Waals surface area contributed by atoms with Gasteiger partial charge in [0, 0.05) is 0 Å². The van der Waals surface area contributed by atoms with Gasteiger partial charge in [-0.1, -0.05) is 24.9 Å². The standard InChI is InChI=1S/C10H12N2S/c1-4-6-9-8(5-2)12-10(13)7(3)11-9/h4-6H,2H2,1,3H3,(H,12,13)/b6-4-. The molecule has 1 rings (SSSR count). The van der Waals surface area contributed by atoms with Crippen molar-refractivity contribution in [3.8, 4) is 0 Å². The number of rotatable bonds is 2. The molecule has 1 aromatic heterocycles. The quantitative estimate of drug-likeness (QED) is 0.729. The zero-order chi connectivity index (χ0) is 9.84. The van der Waals surface area contributed by atoms with Crippen LogP contribution in [0.3, 0.4) is 0 Å². The highest BCUT2D eigenvalue weighted by molar-refractivity contribution is 7.71. The molecule has 0 saturated carbocycles. The first-order valence-electron chi connectivity index (χ1n) is 4.05. The fourth-order valence-electron chi connectivity index (χ4n) is 1.01. The van der Waals surface area contributed by atoms with Crippen molar-refractivity contribution < 1.29 is 0 Å². The van der Waals surface area contributed by atoms with E-state index >= 15 is 0 Å². The summed E-state index contributed by atoms with van der Waals surface area (Å²) in [6.45, 7) is 7.53. The Morgan fingerprint density at radius 3 is 2.77 bits per heavy atom. The molecule has 13 heavy (non-hydrogen) atoms. The summed E-state index contributed by atoms with van der Waals surface area (Å²) in [5.74, 6) is 0. The Labute approximate surface area is 83.0 Å². The summed E-state index contributed by atoms with van der Waals surface area (Å²) in [5, 5.41) is 0. The Morgan fingerprint density at radius 1 is 1.54 bits per heavy atom. The second kappa shape index (κ2) is 4.14. The van der Waals surface area contributed by atoms with Gasteiger partial charge in [-0.2, -0.15) is 0 Å². The molecule has 0 aromatic carbocycles. The van der Waals surface area contributed by atoms with Crippen LogP contribution >= 0.6 is 12.2 Å². The Kier molecular flexibility index (Phi) is 3.14. The van der Waals surface area contributed by atoms with E-state index < -0.39 is 0 Å². The highest BCUT2D eigenvalue weighted by Gasteiger charge is 1.99. The number of hydrogen-bond donors (Lipinski definition) is 1. The molecule has 0 radical (unpaired) electrons. The van der Waals surface area contributed by atoms with Crippen LogP contribution in [0.25, 0.3) is 12.2 Å². The molecule has 0 aliphatic rings. The van der Waals surface area contributed by atoms with Crippen molar-refractivity contribution in [3.63, 3.8) is 0 Å². The molecule has 0 fully saturated rings. The van der Waals surface area contributed by atoms with Crippen LogP contribution in [-0.2, 0) is 0 Å². The molecule has 0 amide bonds. The molecule has 1 N–H and O–H groups in total. The first kappa shape index (κ1) is 9.86. The molecular formula is C10H12N2S. The predicted octanol–water partition coefficient (Wildman–Crippen LogP) is 3.12. The van der Waals surface area contributed by atoms with E-state index in [-0.39, 0.29) is 0 Å². The van der Waals surface area contributed by atoms with Crippen LogP contribution in [0.2, 0.25) is 0 Å². The summed E-state index contributed by atoms with van der Waals surface area (Å²) in [5.41, 5.74) is 2.59. The Morgan fingerprint density at radius 2 is 2.23 bits per heavy atom. The third-order valence-corrected chi connectivity index (χ3v) is 2.07. The minimum atomic E-state index is 0.670. The fourth-order valence-corrected chi connectivity index (χ4v) is 1.16. The van der Waals surface area contributed by atoms with Gasteiger partial charge in [0.1, 0.15) is 4.64 Å². The van der Waals surface area contributed by atoms with E-state index in [1.54, 1.807) is 6.08 Å². The fraction of sp³-hybridized carbons (Fsp3) is 0.200.